The van der Waals surface area contributed by atoms with Gasteiger partial charge in [0.2, 0.25) is 5.95 Å². The van der Waals surface area contributed by atoms with E-state index < -0.39 is 0 Å². The lowest BCUT2D eigenvalue weighted by Crippen LogP contribution is -2.38. The predicted molar refractivity (Wildman–Crippen MR) is 127 cm³/mol. The molecule has 0 spiro atoms. The highest BCUT2D eigenvalue weighted by atomic mass is 16.5. The van der Waals surface area contributed by atoms with E-state index in [1.165, 1.54) is 5.56 Å². The highest BCUT2D eigenvalue weighted by Gasteiger charge is 2.20. The molecule has 9 heteroatoms. The SMILES string of the molecule is Cc1[nH]c2ccc(NC(=O)c3cc(CN4CCOCC4)nc(N4CCOCC4)n3)cc2c1C. The first kappa shape index (κ1) is 21.8. The molecule has 5 rings (SSSR count). The number of hydrogen-bond acceptors (Lipinski definition) is 7. The molecule has 0 bridgehead atoms. The van der Waals surface area contributed by atoms with Gasteiger partial charge in [-0.25, -0.2) is 9.97 Å². The first-order chi connectivity index (χ1) is 16.1. The van der Waals surface area contributed by atoms with E-state index in [0.717, 1.165) is 54.3 Å². The van der Waals surface area contributed by atoms with Gasteiger partial charge in [0.1, 0.15) is 5.69 Å². The molecule has 0 aliphatic carbocycles. The number of aryl methyl sites for hydroxylation is 2. The molecule has 3 aromatic rings. The van der Waals surface area contributed by atoms with Crippen molar-refractivity contribution in [3.8, 4) is 0 Å². The van der Waals surface area contributed by atoms with Gasteiger partial charge < -0.3 is 24.7 Å². The van der Waals surface area contributed by atoms with E-state index in [1.807, 2.05) is 18.2 Å². The Hall–Kier alpha value is -3.01. The van der Waals surface area contributed by atoms with E-state index >= 15 is 0 Å². The number of morpholine rings is 2. The number of benzene rings is 1. The lowest BCUT2D eigenvalue weighted by molar-refractivity contribution is 0.0336. The third-order valence-corrected chi connectivity index (χ3v) is 6.35. The Balaban J connectivity index is 1.41. The van der Waals surface area contributed by atoms with Gasteiger partial charge in [-0.15, -0.1) is 0 Å². The fourth-order valence-corrected chi connectivity index (χ4v) is 4.31. The monoisotopic (exact) mass is 450 g/mol. The molecule has 4 heterocycles. The number of rotatable bonds is 5. The molecule has 0 saturated carbocycles. The highest BCUT2D eigenvalue weighted by Crippen LogP contribution is 2.25. The van der Waals surface area contributed by atoms with Gasteiger partial charge in [0, 0.05) is 55.0 Å². The van der Waals surface area contributed by atoms with Gasteiger partial charge in [-0.2, -0.15) is 0 Å². The van der Waals surface area contributed by atoms with Crippen molar-refractivity contribution in [1.82, 2.24) is 19.9 Å². The molecule has 1 aromatic carbocycles. The lowest BCUT2D eigenvalue weighted by atomic mass is 10.1. The highest BCUT2D eigenvalue weighted by molar-refractivity contribution is 6.04. The number of fused-ring (bicyclic) bond motifs is 1. The van der Waals surface area contributed by atoms with Crippen molar-refractivity contribution in [2.45, 2.75) is 20.4 Å². The zero-order valence-corrected chi connectivity index (χ0v) is 19.2. The Morgan fingerprint density at radius 3 is 2.52 bits per heavy atom. The number of H-pyrrole nitrogens is 1. The maximum atomic E-state index is 13.2. The number of aromatic amines is 1. The number of anilines is 2. The fraction of sp³-hybridized carbons (Fsp3) is 0.458. The predicted octanol–water partition coefficient (Wildman–Crippen LogP) is 2.50. The minimum Gasteiger partial charge on any atom is -0.379 e. The van der Waals surface area contributed by atoms with Gasteiger partial charge in [-0.05, 0) is 43.7 Å². The standard InChI is InChI=1S/C24H30N6O3/c1-16-17(2)25-21-4-3-18(13-20(16)21)26-23(31)22-14-19(15-29-5-9-32-10-6-29)27-24(28-22)30-7-11-33-12-8-30/h3-4,13-14,25H,5-12,15H2,1-2H3,(H,26,31). The lowest BCUT2D eigenvalue weighted by Gasteiger charge is -2.29. The van der Waals surface area contributed by atoms with Gasteiger partial charge in [-0.3, -0.25) is 9.69 Å². The van der Waals surface area contributed by atoms with E-state index in [9.17, 15) is 4.79 Å². The summed E-state index contributed by atoms with van der Waals surface area (Å²) in [5.74, 6) is 0.348. The summed E-state index contributed by atoms with van der Waals surface area (Å²) in [6.45, 7) is 10.6. The third-order valence-electron chi connectivity index (χ3n) is 6.35. The molecular weight excluding hydrogens is 420 g/mol. The largest absolute Gasteiger partial charge is 0.379 e. The van der Waals surface area contributed by atoms with Crippen molar-refractivity contribution >= 4 is 28.4 Å². The fourth-order valence-electron chi connectivity index (χ4n) is 4.31. The van der Waals surface area contributed by atoms with Crippen molar-refractivity contribution < 1.29 is 14.3 Å². The van der Waals surface area contributed by atoms with Crippen LogP contribution in [0.1, 0.15) is 27.4 Å². The summed E-state index contributed by atoms with van der Waals surface area (Å²) in [6, 6.07) is 7.71. The number of hydrogen-bond donors (Lipinski definition) is 2. The summed E-state index contributed by atoms with van der Waals surface area (Å²) < 4.78 is 10.9. The van der Waals surface area contributed by atoms with Crippen molar-refractivity contribution in [1.29, 1.82) is 0 Å². The van der Waals surface area contributed by atoms with Crippen LogP contribution < -0.4 is 10.2 Å². The Bertz CT molecular complexity index is 1150. The summed E-state index contributed by atoms with van der Waals surface area (Å²) in [5, 5.41) is 4.13. The maximum Gasteiger partial charge on any atom is 0.274 e. The zero-order valence-electron chi connectivity index (χ0n) is 19.2. The first-order valence-electron chi connectivity index (χ1n) is 11.5. The summed E-state index contributed by atoms with van der Waals surface area (Å²) in [6.07, 6.45) is 0. The van der Waals surface area contributed by atoms with Crippen LogP contribution in [-0.2, 0) is 16.0 Å². The number of nitrogens with one attached hydrogen (secondary N) is 2. The smallest absolute Gasteiger partial charge is 0.274 e. The van der Waals surface area contributed by atoms with Gasteiger partial charge in [0.25, 0.3) is 5.91 Å². The second kappa shape index (κ2) is 9.46. The van der Waals surface area contributed by atoms with Crippen LogP contribution >= 0.6 is 0 Å². The molecule has 2 saturated heterocycles. The molecule has 2 aliphatic rings. The molecule has 1 amide bonds. The second-order valence-electron chi connectivity index (χ2n) is 8.62. The minimum absolute atomic E-state index is 0.237. The Kier molecular flexibility index (Phi) is 6.26. The number of aromatic nitrogens is 3. The maximum absolute atomic E-state index is 13.2. The van der Waals surface area contributed by atoms with E-state index in [-0.39, 0.29) is 5.91 Å². The van der Waals surface area contributed by atoms with Crippen LogP contribution in [0, 0.1) is 13.8 Å². The van der Waals surface area contributed by atoms with Gasteiger partial charge in [-0.1, -0.05) is 0 Å². The topological polar surface area (TPSA) is 95.6 Å². The summed E-state index contributed by atoms with van der Waals surface area (Å²) >= 11 is 0. The van der Waals surface area contributed by atoms with Crippen LogP contribution in [0.5, 0.6) is 0 Å². The van der Waals surface area contributed by atoms with E-state index in [2.05, 4.69) is 38.9 Å². The number of nitrogens with zero attached hydrogens (tertiary/aromatic N) is 4. The molecule has 2 aliphatic heterocycles. The molecule has 0 unspecified atom stereocenters. The van der Waals surface area contributed by atoms with E-state index in [1.54, 1.807) is 6.07 Å². The van der Waals surface area contributed by atoms with Crippen LogP contribution in [0.25, 0.3) is 10.9 Å². The summed E-state index contributed by atoms with van der Waals surface area (Å²) in [5.41, 5.74) is 5.34. The number of carbonyl (C=O) groups is 1. The zero-order chi connectivity index (χ0) is 22.8. The Morgan fingerprint density at radius 1 is 1.03 bits per heavy atom. The normalized spacial score (nSPS) is 17.5. The average molecular weight is 451 g/mol. The first-order valence-corrected chi connectivity index (χ1v) is 11.5. The van der Waals surface area contributed by atoms with Crippen molar-refractivity contribution in [3.63, 3.8) is 0 Å². The van der Waals surface area contributed by atoms with E-state index in [0.29, 0.717) is 44.5 Å². The number of carbonyl (C=O) groups excluding carboxylic acids is 1. The van der Waals surface area contributed by atoms with Gasteiger partial charge in [0.15, 0.2) is 0 Å². The van der Waals surface area contributed by atoms with Crippen molar-refractivity contribution in [3.05, 3.63) is 46.9 Å². The molecular formula is C24H30N6O3. The van der Waals surface area contributed by atoms with Crippen LogP contribution in [0.3, 0.4) is 0 Å². The van der Waals surface area contributed by atoms with E-state index in [4.69, 9.17) is 14.5 Å². The number of amides is 1. The summed E-state index contributed by atoms with van der Waals surface area (Å²) in [4.78, 5) is 30.4. The van der Waals surface area contributed by atoms with Crippen LogP contribution in [0.15, 0.2) is 24.3 Å². The van der Waals surface area contributed by atoms with Crippen molar-refractivity contribution in [2.24, 2.45) is 0 Å². The molecule has 2 N–H and O–H groups in total. The number of ether oxygens (including phenoxy) is 2. The third kappa shape index (κ3) is 4.85. The molecule has 33 heavy (non-hydrogen) atoms. The quantitative estimate of drug-likeness (QED) is 0.617. The second-order valence-corrected chi connectivity index (χ2v) is 8.62. The van der Waals surface area contributed by atoms with Crippen LogP contribution in [-0.4, -0.2) is 78.4 Å². The average Bonchev–Trinajstić information content (AvgIpc) is 3.13. The van der Waals surface area contributed by atoms with Crippen LogP contribution in [0.4, 0.5) is 11.6 Å². The van der Waals surface area contributed by atoms with Crippen LogP contribution in [0.2, 0.25) is 0 Å². The molecule has 2 fully saturated rings. The summed E-state index contributed by atoms with van der Waals surface area (Å²) in [7, 11) is 0. The van der Waals surface area contributed by atoms with Crippen molar-refractivity contribution in [2.75, 3.05) is 62.8 Å². The molecule has 9 nitrogen and oxygen atoms in total. The van der Waals surface area contributed by atoms with Gasteiger partial charge in [0.05, 0.1) is 32.1 Å². The molecule has 0 atom stereocenters. The Morgan fingerprint density at radius 2 is 1.76 bits per heavy atom. The minimum atomic E-state index is -0.237. The molecule has 174 valence electrons. The molecule has 0 radical (unpaired) electrons. The Labute approximate surface area is 193 Å². The van der Waals surface area contributed by atoms with Gasteiger partial charge >= 0.3 is 0 Å². The molecule has 2 aromatic heterocycles.